The Morgan fingerprint density at radius 2 is 1.88 bits per heavy atom. The van der Waals surface area contributed by atoms with Gasteiger partial charge in [0, 0.05) is 24.1 Å². The van der Waals surface area contributed by atoms with Crippen LogP contribution in [0, 0.1) is 24.7 Å². The van der Waals surface area contributed by atoms with Crippen LogP contribution in [-0.4, -0.2) is 9.55 Å². The van der Waals surface area contributed by atoms with Crippen LogP contribution in [0.1, 0.15) is 42.3 Å². The molecule has 26 heavy (non-hydrogen) atoms. The summed E-state index contributed by atoms with van der Waals surface area (Å²) in [4.78, 5) is 17.6. The number of hydrogen-bond acceptors (Lipinski definition) is 2. The summed E-state index contributed by atoms with van der Waals surface area (Å²) in [6.07, 6.45) is 3.00. The molecule has 2 heterocycles. The summed E-state index contributed by atoms with van der Waals surface area (Å²) in [6, 6.07) is 13.9. The van der Waals surface area contributed by atoms with Crippen molar-refractivity contribution in [1.82, 2.24) is 9.55 Å². The highest BCUT2D eigenvalue weighted by Gasteiger charge is 2.16. The van der Waals surface area contributed by atoms with Gasteiger partial charge >= 0.3 is 0 Å². The highest BCUT2D eigenvalue weighted by atomic mass is 16.1. The van der Waals surface area contributed by atoms with Crippen LogP contribution in [0.3, 0.4) is 0 Å². The van der Waals surface area contributed by atoms with Crippen molar-refractivity contribution in [1.29, 1.82) is 0 Å². The van der Waals surface area contributed by atoms with Crippen LogP contribution < -0.4 is 5.56 Å². The molecule has 4 rings (SSSR count). The second kappa shape index (κ2) is 6.80. The third kappa shape index (κ3) is 3.28. The first-order valence-electron chi connectivity index (χ1n) is 9.22. The molecule has 0 aliphatic carbocycles. The van der Waals surface area contributed by atoms with E-state index in [0.717, 1.165) is 48.3 Å². The fourth-order valence-corrected chi connectivity index (χ4v) is 3.50. The van der Waals surface area contributed by atoms with E-state index in [1.807, 2.05) is 34.9 Å². The van der Waals surface area contributed by atoms with Gasteiger partial charge in [-0.25, -0.2) is 4.98 Å². The molecule has 0 saturated heterocycles. The lowest BCUT2D eigenvalue weighted by Gasteiger charge is -2.10. The van der Waals surface area contributed by atoms with Crippen LogP contribution in [0.25, 0.3) is 10.9 Å². The zero-order valence-corrected chi connectivity index (χ0v) is 15.2. The van der Waals surface area contributed by atoms with Crippen LogP contribution in [0.4, 0.5) is 0 Å². The van der Waals surface area contributed by atoms with Gasteiger partial charge in [-0.2, -0.15) is 0 Å². The van der Waals surface area contributed by atoms with E-state index < -0.39 is 0 Å². The molecule has 0 radical (unpaired) electrons. The zero-order valence-electron chi connectivity index (χ0n) is 15.2. The molecule has 0 spiro atoms. The highest BCUT2D eigenvalue weighted by Crippen LogP contribution is 2.19. The monoisotopic (exact) mass is 342 g/mol. The van der Waals surface area contributed by atoms with E-state index in [-0.39, 0.29) is 5.56 Å². The molecule has 1 unspecified atom stereocenters. The van der Waals surface area contributed by atoms with Gasteiger partial charge in [0.15, 0.2) is 0 Å². The van der Waals surface area contributed by atoms with Crippen molar-refractivity contribution < 1.29 is 0 Å². The normalized spacial score (nSPS) is 16.5. The van der Waals surface area contributed by atoms with E-state index in [0.29, 0.717) is 11.3 Å². The van der Waals surface area contributed by atoms with E-state index in [1.165, 1.54) is 5.56 Å². The lowest BCUT2D eigenvalue weighted by atomic mass is 10.0. The van der Waals surface area contributed by atoms with Crippen molar-refractivity contribution in [3.05, 3.63) is 75.3 Å². The molecule has 3 nitrogen and oxygen atoms in total. The van der Waals surface area contributed by atoms with Gasteiger partial charge in [0.25, 0.3) is 5.56 Å². The Morgan fingerprint density at radius 1 is 1.08 bits per heavy atom. The number of benzene rings is 2. The standard InChI is InChI=1S/C23H22N2O/c1-16-6-11-22-24-21-15-19(8-7-18-5-3-4-17(2)14-18)9-10-20(21)23(26)25(22)13-12-16/h3-5,9-10,14-16H,6,11-13H2,1-2H3. The van der Waals surface area contributed by atoms with Crippen LogP contribution in [-0.2, 0) is 13.0 Å². The second-order valence-corrected chi connectivity index (χ2v) is 7.27. The van der Waals surface area contributed by atoms with E-state index in [9.17, 15) is 4.79 Å². The fourth-order valence-electron chi connectivity index (χ4n) is 3.50. The largest absolute Gasteiger partial charge is 0.296 e. The maximum absolute atomic E-state index is 12.8. The molecule has 3 heteroatoms. The lowest BCUT2D eigenvalue weighted by Crippen LogP contribution is -2.24. The van der Waals surface area contributed by atoms with Crippen molar-refractivity contribution in [3.63, 3.8) is 0 Å². The van der Waals surface area contributed by atoms with Gasteiger partial charge in [0.05, 0.1) is 10.9 Å². The third-order valence-corrected chi connectivity index (χ3v) is 5.11. The molecule has 2 aromatic carbocycles. The molecule has 1 aliphatic heterocycles. The Kier molecular flexibility index (Phi) is 4.34. The summed E-state index contributed by atoms with van der Waals surface area (Å²) in [5.74, 6) is 7.95. The summed E-state index contributed by atoms with van der Waals surface area (Å²) in [6.45, 7) is 5.08. The van der Waals surface area contributed by atoms with Crippen molar-refractivity contribution >= 4 is 10.9 Å². The number of aromatic nitrogens is 2. The van der Waals surface area contributed by atoms with Gasteiger partial charge in [-0.15, -0.1) is 0 Å². The van der Waals surface area contributed by atoms with Crippen LogP contribution >= 0.6 is 0 Å². The molecular weight excluding hydrogens is 320 g/mol. The Balaban J connectivity index is 1.75. The molecule has 0 N–H and O–H groups in total. The van der Waals surface area contributed by atoms with Gasteiger partial charge in [-0.3, -0.25) is 9.36 Å². The van der Waals surface area contributed by atoms with Gasteiger partial charge in [0.1, 0.15) is 5.82 Å². The first kappa shape index (κ1) is 16.6. The van der Waals surface area contributed by atoms with Gasteiger partial charge < -0.3 is 0 Å². The molecule has 0 bridgehead atoms. The third-order valence-electron chi connectivity index (χ3n) is 5.11. The summed E-state index contributed by atoms with van der Waals surface area (Å²) >= 11 is 0. The van der Waals surface area contributed by atoms with Crippen molar-refractivity contribution in [2.24, 2.45) is 5.92 Å². The quantitative estimate of drug-likeness (QED) is 0.577. The van der Waals surface area contributed by atoms with Crippen molar-refractivity contribution in [2.75, 3.05) is 0 Å². The highest BCUT2D eigenvalue weighted by molar-refractivity contribution is 5.79. The Hall–Kier alpha value is -2.86. The van der Waals surface area contributed by atoms with E-state index in [1.54, 1.807) is 0 Å². The smallest absolute Gasteiger partial charge is 0.261 e. The number of rotatable bonds is 0. The van der Waals surface area contributed by atoms with Crippen molar-refractivity contribution in [2.45, 2.75) is 39.7 Å². The average molecular weight is 342 g/mol. The Labute approximate surface area is 153 Å². The molecule has 0 amide bonds. The van der Waals surface area contributed by atoms with Crippen LogP contribution in [0.15, 0.2) is 47.3 Å². The first-order chi connectivity index (χ1) is 12.6. The molecule has 3 aromatic rings. The maximum Gasteiger partial charge on any atom is 0.261 e. The van der Waals surface area contributed by atoms with E-state index in [4.69, 9.17) is 4.98 Å². The molecule has 130 valence electrons. The Bertz CT molecular complexity index is 1100. The zero-order chi connectivity index (χ0) is 18.1. The number of fused-ring (bicyclic) bond motifs is 2. The molecule has 1 aliphatic rings. The van der Waals surface area contributed by atoms with Crippen molar-refractivity contribution in [3.8, 4) is 11.8 Å². The minimum Gasteiger partial charge on any atom is -0.296 e. The molecule has 1 atom stereocenters. The average Bonchev–Trinajstić information content (AvgIpc) is 2.82. The molecular formula is C23H22N2O. The van der Waals surface area contributed by atoms with Gasteiger partial charge in [0.2, 0.25) is 0 Å². The predicted molar refractivity (Wildman–Crippen MR) is 105 cm³/mol. The van der Waals surface area contributed by atoms with Crippen LogP contribution in [0.2, 0.25) is 0 Å². The summed E-state index contributed by atoms with van der Waals surface area (Å²) in [5, 5.41) is 0.685. The van der Waals surface area contributed by atoms with Gasteiger partial charge in [-0.05, 0) is 61.6 Å². The minimum absolute atomic E-state index is 0.0808. The summed E-state index contributed by atoms with van der Waals surface area (Å²) < 4.78 is 1.87. The lowest BCUT2D eigenvalue weighted by molar-refractivity contribution is 0.484. The molecule has 0 fully saturated rings. The predicted octanol–water partition coefficient (Wildman–Crippen LogP) is 4.08. The van der Waals surface area contributed by atoms with Gasteiger partial charge in [-0.1, -0.05) is 30.9 Å². The minimum atomic E-state index is 0.0808. The first-order valence-corrected chi connectivity index (χ1v) is 9.22. The number of nitrogens with zero attached hydrogens (tertiary/aromatic N) is 2. The SMILES string of the molecule is Cc1cccc(C#Cc2ccc3c(=O)n4c(nc3c2)CCC(C)CC4)c1. The molecule has 0 saturated carbocycles. The van der Waals surface area contributed by atoms with E-state index >= 15 is 0 Å². The second-order valence-electron chi connectivity index (χ2n) is 7.27. The summed E-state index contributed by atoms with van der Waals surface area (Å²) in [5.41, 5.74) is 3.91. The summed E-state index contributed by atoms with van der Waals surface area (Å²) in [7, 11) is 0. The fraction of sp³-hybridized carbons (Fsp3) is 0.304. The number of hydrogen-bond donors (Lipinski definition) is 0. The Morgan fingerprint density at radius 3 is 2.69 bits per heavy atom. The van der Waals surface area contributed by atoms with E-state index in [2.05, 4.69) is 37.8 Å². The van der Waals surface area contributed by atoms with Crippen LogP contribution in [0.5, 0.6) is 0 Å². The number of aryl methyl sites for hydroxylation is 2. The maximum atomic E-state index is 12.8. The topological polar surface area (TPSA) is 34.9 Å². The molecule has 1 aromatic heterocycles.